The van der Waals surface area contributed by atoms with Crippen molar-refractivity contribution in [3.05, 3.63) is 51.6 Å². The Morgan fingerprint density at radius 3 is 2.53 bits per heavy atom. The molecule has 15 rings (SSSR count). The van der Waals surface area contributed by atoms with Gasteiger partial charge in [-0.25, -0.2) is 4.79 Å². The maximum absolute atomic E-state index is 13.1. The third-order valence-corrected chi connectivity index (χ3v) is 24.7. The molecule has 5 aliphatic heterocycles. The number of allylic oxidation sites excluding steroid dienone is 1. The third-order valence-electron chi connectivity index (χ3n) is 24.7. The van der Waals surface area contributed by atoms with Gasteiger partial charge in [0.15, 0.2) is 5.78 Å². The molecular weight excluding hydrogens is 957 g/mol. The van der Waals surface area contributed by atoms with E-state index in [-0.39, 0.29) is 87.3 Å². The lowest BCUT2D eigenvalue weighted by Crippen LogP contribution is -2.81. The van der Waals surface area contributed by atoms with Crippen molar-refractivity contribution in [1.82, 2.24) is 10.9 Å². The summed E-state index contributed by atoms with van der Waals surface area (Å²) in [7, 11) is 0. The summed E-state index contributed by atoms with van der Waals surface area (Å²) in [5.41, 5.74) is 9.91. The fourth-order valence-corrected chi connectivity index (χ4v) is 22.4. The molecule has 15 nitrogen and oxygen atoms in total. The van der Waals surface area contributed by atoms with E-state index in [0.717, 1.165) is 36.3 Å². The summed E-state index contributed by atoms with van der Waals surface area (Å²) < 4.78 is 27.5. The second-order valence-corrected chi connectivity index (χ2v) is 27.3. The van der Waals surface area contributed by atoms with Crippen LogP contribution < -0.4 is 15.6 Å². The topological polar surface area (TPSA) is 237 Å². The predicted molar refractivity (Wildman–Crippen MR) is 272 cm³/mol. The molecule has 6 bridgehead atoms. The Labute approximate surface area is 437 Å². The summed E-state index contributed by atoms with van der Waals surface area (Å²) in [5.74, 6) is -1.53. The quantitative estimate of drug-likeness (QED) is 0.103. The largest absolute Gasteiger partial charge is 0.507 e. The summed E-state index contributed by atoms with van der Waals surface area (Å²) in [6.07, 6.45) is 15.8. The SMILES string of the molecule is CC(=O)c1c(C)c(O)c2cc(C(=O)O)cc(O[C@@H]3O[C@@H]4[C@@H](O)CC[C@H]5O[C@@]4(C[C@@H]4C6=C5CC=C6[C@]5(CCO)COC[C@@H]6C[C@]78C[C@@]4(NN[C@H]7C[C@]4(CC[C@H]7CCC[C@@H]9CCC[C@]9%10CC[C@@]74C%10)C8)[C@H]65)[C@H](O)[C@H]3O)c2c1O. The van der Waals surface area contributed by atoms with Crippen molar-refractivity contribution in [2.75, 3.05) is 19.8 Å². The van der Waals surface area contributed by atoms with Gasteiger partial charge in [-0.05, 0) is 204 Å². The molecule has 13 aliphatic rings. The van der Waals surface area contributed by atoms with Crippen molar-refractivity contribution in [2.45, 2.75) is 196 Å². The summed E-state index contributed by atoms with van der Waals surface area (Å²) in [6.45, 7) is 3.85. The van der Waals surface area contributed by atoms with Crippen molar-refractivity contribution in [2.24, 2.45) is 56.7 Å². The number of ketones is 1. The highest BCUT2D eigenvalue weighted by Gasteiger charge is 2.79. The lowest BCUT2D eigenvalue weighted by molar-refractivity contribution is -0.337. The zero-order valence-electron chi connectivity index (χ0n) is 43.5. The van der Waals surface area contributed by atoms with Crippen LogP contribution in [0.25, 0.3) is 10.8 Å². The summed E-state index contributed by atoms with van der Waals surface area (Å²) in [5, 5.41) is 82.4. The van der Waals surface area contributed by atoms with E-state index < -0.39 is 76.6 Å². The van der Waals surface area contributed by atoms with Gasteiger partial charge in [-0.1, -0.05) is 18.9 Å². The molecule has 7 saturated carbocycles. The Bertz CT molecular complexity index is 2900. The number of aromatic hydroxyl groups is 2. The zero-order chi connectivity index (χ0) is 51.6. The van der Waals surface area contributed by atoms with Crippen LogP contribution in [0.2, 0.25) is 0 Å². The van der Waals surface area contributed by atoms with Crippen molar-refractivity contribution < 1.29 is 64.3 Å². The van der Waals surface area contributed by atoms with E-state index in [9.17, 15) is 45.3 Å². The molecular formula is C60H76N2O13. The van der Waals surface area contributed by atoms with Crippen molar-refractivity contribution >= 4 is 22.5 Å². The number of aromatic carboxylic acids is 1. The average molecular weight is 1030 g/mol. The van der Waals surface area contributed by atoms with Crippen LogP contribution in [0.1, 0.15) is 162 Å². The van der Waals surface area contributed by atoms with Gasteiger partial charge < -0.3 is 54.7 Å². The number of carbonyl (C=O) groups is 2. The van der Waals surface area contributed by atoms with Crippen LogP contribution in [-0.4, -0.2) is 121 Å². The van der Waals surface area contributed by atoms with Crippen molar-refractivity contribution in [3.8, 4) is 17.2 Å². The predicted octanol–water partition coefficient (Wildman–Crippen LogP) is 7.18. The number of benzene rings is 2. The smallest absolute Gasteiger partial charge is 0.335 e. The molecule has 404 valence electrons. The normalized spacial score (nSPS) is 48.6. The number of aliphatic hydroxyl groups excluding tert-OH is 4. The van der Waals surface area contributed by atoms with Gasteiger partial charge in [-0.2, -0.15) is 0 Å². The minimum Gasteiger partial charge on any atom is -0.507 e. The Morgan fingerprint density at radius 1 is 0.893 bits per heavy atom. The zero-order valence-corrected chi connectivity index (χ0v) is 43.5. The van der Waals surface area contributed by atoms with E-state index in [0.29, 0.717) is 43.3 Å². The van der Waals surface area contributed by atoms with Crippen LogP contribution >= 0.6 is 0 Å². The van der Waals surface area contributed by atoms with Crippen LogP contribution in [0.5, 0.6) is 17.2 Å². The molecule has 0 unspecified atom stereocenters. The number of carbonyl (C=O) groups excluding carboxylic acids is 1. The van der Waals surface area contributed by atoms with Crippen molar-refractivity contribution in [1.29, 1.82) is 0 Å². The summed E-state index contributed by atoms with van der Waals surface area (Å²) in [4.78, 5) is 25.4. The number of hydrazine groups is 1. The Morgan fingerprint density at radius 2 is 1.72 bits per heavy atom. The number of fused-ring (bicyclic) bond motifs is 4. The van der Waals surface area contributed by atoms with Gasteiger partial charge in [-0.3, -0.25) is 15.6 Å². The van der Waals surface area contributed by atoms with E-state index in [4.69, 9.17) is 18.9 Å². The number of hydrogen-bond acceptors (Lipinski definition) is 14. The number of phenols is 2. The number of carboxylic acids is 1. The third kappa shape index (κ3) is 5.99. The van der Waals surface area contributed by atoms with E-state index in [1.807, 2.05) is 0 Å². The number of ether oxygens (including phenoxy) is 4. The lowest BCUT2D eigenvalue weighted by atomic mass is 9.39. The van der Waals surface area contributed by atoms with Crippen molar-refractivity contribution in [3.63, 3.8) is 0 Å². The molecule has 0 amide bonds. The van der Waals surface area contributed by atoms with Gasteiger partial charge in [0.05, 0.1) is 35.3 Å². The fraction of sp³-hybridized carbons (Fsp3) is 0.733. The summed E-state index contributed by atoms with van der Waals surface area (Å²) >= 11 is 0. The molecule has 2 aromatic carbocycles. The van der Waals surface area contributed by atoms with Gasteiger partial charge in [0.1, 0.15) is 41.2 Å². The first kappa shape index (κ1) is 48.5. The fourth-order valence-electron chi connectivity index (χ4n) is 22.4. The van der Waals surface area contributed by atoms with E-state index in [1.54, 1.807) is 0 Å². The first-order chi connectivity index (χ1) is 36.0. The van der Waals surface area contributed by atoms with E-state index in [1.165, 1.54) is 115 Å². The first-order valence-corrected chi connectivity index (χ1v) is 28.9. The Kier molecular flexibility index (Phi) is 10.4. The van der Waals surface area contributed by atoms with Crippen LogP contribution in [0, 0.1) is 63.6 Å². The lowest BCUT2D eigenvalue weighted by Gasteiger charge is -2.72. The molecule has 0 radical (unpaired) electrons. The van der Waals surface area contributed by atoms with Gasteiger partial charge in [0.2, 0.25) is 6.29 Å². The molecule has 8 aliphatic carbocycles. The Balaban J connectivity index is 0.841. The monoisotopic (exact) mass is 1030 g/mol. The number of aliphatic hydroxyl groups is 4. The summed E-state index contributed by atoms with van der Waals surface area (Å²) in [6, 6.07) is 2.58. The molecule has 0 aromatic heterocycles. The maximum Gasteiger partial charge on any atom is 0.335 e. The van der Waals surface area contributed by atoms with Crippen LogP contribution in [-0.2, 0) is 14.2 Å². The molecule has 5 heterocycles. The standard InChI is InChI=1S/C60H76N2O13/c1-29-43(30(2)64)47(67)45-36(46(29)66)19-31(52(70)71)20-41(45)73-53-48(68)50(69)60-22-38-44-35(40(75-60)11-10-39(65)51(60)74-53)8-9-37(44)57(17-18-63)28-72-24-32-21-55-25-56(23-42(55)61-62-59(38,27-55)49(32)57)14-12-34-6-3-5-33-7-4-13-54(33)15-16-58(34,56)26-54/h9,19-20,32-34,38-40,42,48-51,53,61-63,65-69H,3-8,10-18,21-28H2,1-2H3,(H,70,71)/t32-,33+,34+,38+,39-,40+,42-,48+,49+,50+,51+,53+,54+,55-,56+,57-,58+,59-,60-/m0/s1. The highest BCUT2D eigenvalue weighted by Crippen LogP contribution is 2.82. The molecule has 75 heavy (non-hydrogen) atoms. The van der Waals surface area contributed by atoms with Gasteiger partial charge >= 0.3 is 5.97 Å². The molecule has 19 atom stereocenters. The number of phenolic OH excluding ortho intramolecular Hbond substituents is 2. The van der Waals surface area contributed by atoms with E-state index >= 15 is 0 Å². The Hall–Kier alpha value is -3.64. The van der Waals surface area contributed by atoms with Gasteiger partial charge in [-0.15, -0.1) is 0 Å². The minimum absolute atomic E-state index is 0.0141. The van der Waals surface area contributed by atoms with E-state index in [2.05, 4.69) is 16.9 Å². The second-order valence-electron chi connectivity index (χ2n) is 27.3. The molecule has 2 aromatic rings. The minimum atomic E-state index is -1.82. The average Bonchev–Trinajstić information content (AvgIpc) is 4.29. The number of carboxylic acid groups (broad SMARTS) is 1. The molecule has 4 saturated heterocycles. The highest BCUT2D eigenvalue weighted by molar-refractivity contribution is 6.11. The first-order valence-electron chi connectivity index (χ1n) is 28.9. The second kappa shape index (κ2) is 16.0. The molecule has 15 heteroatoms. The number of rotatable bonds is 6. The number of nitrogens with one attached hydrogen (secondary N) is 2. The molecule has 6 spiro atoms. The van der Waals surface area contributed by atoms with Crippen LogP contribution in [0.3, 0.4) is 0 Å². The number of hydrogen-bond donors (Lipinski definition) is 9. The van der Waals surface area contributed by atoms with Gasteiger partial charge in [0.25, 0.3) is 0 Å². The maximum atomic E-state index is 13.1. The molecule has 11 fully saturated rings. The highest BCUT2D eigenvalue weighted by atomic mass is 16.7. The van der Waals surface area contributed by atoms with Crippen LogP contribution in [0.15, 0.2) is 34.9 Å². The van der Waals surface area contributed by atoms with Crippen LogP contribution in [0.4, 0.5) is 0 Å². The number of Topliss-reactive ketones (excluding diaryl/α,β-unsaturated/α-hetero) is 1. The molecule has 9 N–H and O–H groups in total. The van der Waals surface area contributed by atoms with Gasteiger partial charge in [0, 0.05) is 47.1 Å².